The normalized spacial score (nSPS) is 43.3. The van der Waals surface area contributed by atoms with Gasteiger partial charge in [-0.25, -0.2) is 0 Å². The molecule has 30 heavy (non-hydrogen) atoms. The van der Waals surface area contributed by atoms with Crippen LogP contribution in [0.3, 0.4) is 0 Å². The average Bonchev–Trinajstić information content (AvgIpc) is 3.35. The highest BCUT2D eigenvalue weighted by Gasteiger charge is 2.87. The number of benzene rings is 1. The number of nitrogens with zero attached hydrogens (tertiary/aromatic N) is 1. The molecule has 1 aromatic rings. The minimum absolute atomic E-state index is 0.0163. The highest BCUT2D eigenvalue weighted by Crippen LogP contribution is 2.76. The predicted octanol–water partition coefficient (Wildman–Crippen LogP) is 2.18. The molecule has 5 aliphatic rings. The van der Waals surface area contributed by atoms with E-state index in [-0.39, 0.29) is 30.8 Å². The summed E-state index contributed by atoms with van der Waals surface area (Å²) in [6, 6.07) is 8.28. The van der Waals surface area contributed by atoms with Gasteiger partial charge < -0.3 is 19.5 Å². The van der Waals surface area contributed by atoms with Crippen molar-refractivity contribution in [2.45, 2.75) is 50.1 Å². The lowest BCUT2D eigenvalue weighted by Gasteiger charge is -2.64. The summed E-state index contributed by atoms with van der Waals surface area (Å²) in [6.07, 6.45) is 3.45. The zero-order chi connectivity index (χ0) is 20.9. The number of carbonyl (C=O) groups is 2. The second-order valence-corrected chi connectivity index (χ2v) is 9.17. The molecular weight excluding hydrogens is 384 g/mol. The number of nitrogens with one attached hydrogen (secondary N) is 1. The molecular formula is C23H26N2O5. The number of rotatable bonds is 3. The summed E-state index contributed by atoms with van der Waals surface area (Å²) in [5, 5.41) is 3.70. The van der Waals surface area contributed by atoms with E-state index in [9.17, 15) is 9.59 Å². The van der Waals surface area contributed by atoms with Crippen LogP contribution < -0.4 is 5.32 Å². The van der Waals surface area contributed by atoms with Crippen LogP contribution in [0.4, 0.5) is 5.69 Å². The number of piperidine rings is 2. The molecule has 4 heterocycles. The fourth-order valence-electron chi connectivity index (χ4n) is 7.51. The second kappa shape index (κ2) is 5.65. The lowest BCUT2D eigenvalue weighted by atomic mass is 9.42. The molecule has 0 radical (unpaired) electrons. The van der Waals surface area contributed by atoms with E-state index in [0.717, 1.165) is 24.2 Å². The lowest BCUT2D eigenvalue weighted by molar-refractivity contribution is -0.196. The molecule has 1 spiro atoms. The summed E-state index contributed by atoms with van der Waals surface area (Å²) >= 11 is 0. The summed E-state index contributed by atoms with van der Waals surface area (Å²) in [4.78, 5) is 28.2. The third-order valence-electron chi connectivity index (χ3n) is 8.44. The number of ether oxygens (including phenoxy) is 3. The summed E-state index contributed by atoms with van der Waals surface area (Å²) in [5.74, 6) is -0.804. The quantitative estimate of drug-likeness (QED) is 0.605. The monoisotopic (exact) mass is 410 g/mol. The van der Waals surface area contributed by atoms with Gasteiger partial charge in [-0.15, -0.1) is 0 Å². The number of esters is 2. The molecule has 3 saturated heterocycles. The van der Waals surface area contributed by atoms with Crippen molar-refractivity contribution >= 4 is 17.6 Å². The van der Waals surface area contributed by atoms with Gasteiger partial charge in [0.1, 0.15) is 18.2 Å². The molecule has 1 aromatic carbocycles. The lowest BCUT2D eigenvalue weighted by Crippen LogP contribution is -2.78. The van der Waals surface area contributed by atoms with Crippen molar-refractivity contribution in [2.24, 2.45) is 11.3 Å². The third-order valence-corrected chi connectivity index (χ3v) is 8.44. The van der Waals surface area contributed by atoms with Gasteiger partial charge in [0, 0.05) is 31.5 Å². The first kappa shape index (κ1) is 18.4. The Morgan fingerprint density at radius 3 is 2.90 bits per heavy atom. The largest absolute Gasteiger partial charge is 0.468 e. The fraction of sp³-hybridized carbons (Fsp3) is 0.565. The van der Waals surface area contributed by atoms with E-state index in [2.05, 4.69) is 22.4 Å². The van der Waals surface area contributed by atoms with Gasteiger partial charge in [-0.3, -0.25) is 14.5 Å². The van der Waals surface area contributed by atoms with E-state index in [1.165, 1.54) is 19.6 Å². The summed E-state index contributed by atoms with van der Waals surface area (Å²) in [5.41, 5.74) is 0.775. The molecule has 4 aliphatic heterocycles. The molecule has 4 fully saturated rings. The standard InChI is InChI=1S/C23H26N2O5/c1-4-14-11-25-18-9-16(14)21(20(27)28-3,12-29-13(2)26)22-10-19(25)30-23(18,22)24-17-8-6-5-7-15(17)22/h4-8,16,18-19,24H,9-12H2,1-3H3/b14-4-/t16-,18+,19+,21-,22+,23+/m1/s1. The van der Waals surface area contributed by atoms with Crippen molar-refractivity contribution in [3.63, 3.8) is 0 Å². The van der Waals surface area contributed by atoms with Gasteiger partial charge in [-0.05, 0) is 25.0 Å². The third kappa shape index (κ3) is 1.70. The van der Waals surface area contributed by atoms with Crippen LogP contribution in [0.5, 0.6) is 0 Å². The van der Waals surface area contributed by atoms with E-state index in [0.29, 0.717) is 6.42 Å². The van der Waals surface area contributed by atoms with Gasteiger partial charge in [0.2, 0.25) is 0 Å². The molecule has 6 atom stereocenters. The van der Waals surface area contributed by atoms with Crippen molar-refractivity contribution in [3.8, 4) is 0 Å². The maximum absolute atomic E-state index is 13.8. The summed E-state index contributed by atoms with van der Waals surface area (Å²) in [6.45, 7) is 4.15. The van der Waals surface area contributed by atoms with Gasteiger partial charge >= 0.3 is 11.9 Å². The van der Waals surface area contributed by atoms with Gasteiger partial charge in [-0.1, -0.05) is 29.8 Å². The molecule has 1 aliphatic carbocycles. The summed E-state index contributed by atoms with van der Waals surface area (Å²) in [7, 11) is 1.43. The van der Waals surface area contributed by atoms with Gasteiger partial charge in [0.05, 0.1) is 18.6 Å². The summed E-state index contributed by atoms with van der Waals surface area (Å²) < 4.78 is 17.9. The average molecular weight is 410 g/mol. The van der Waals surface area contributed by atoms with E-state index in [1.54, 1.807) is 0 Å². The van der Waals surface area contributed by atoms with E-state index in [4.69, 9.17) is 14.2 Å². The number of carbonyl (C=O) groups excluding carboxylic acids is 2. The first-order chi connectivity index (χ1) is 14.4. The number of methoxy groups -OCH3 is 1. The zero-order valence-corrected chi connectivity index (χ0v) is 17.4. The first-order valence-electron chi connectivity index (χ1n) is 10.6. The Hall–Kier alpha value is -2.38. The SMILES string of the molecule is C/C=C1/CN2[C@@H]3C[C@@]45c6ccccc6N[C@]4(O3)[C@@H]2C[C@H]1[C@]5(COC(C)=O)C(=O)OC. The van der Waals surface area contributed by atoms with Gasteiger partial charge in [-0.2, -0.15) is 0 Å². The van der Waals surface area contributed by atoms with Crippen molar-refractivity contribution in [2.75, 3.05) is 25.6 Å². The highest BCUT2D eigenvalue weighted by atomic mass is 16.6. The number of hydrogen-bond acceptors (Lipinski definition) is 7. The van der Waals surface area contributed by atoms with Crippen LogP contribution in [0.25, 0.3) is 0 Å². The molecule has 6 rings (SSSR count). The molecule has 0 amide bonds. The Morgan fingerprint density at radius 2 is 2.17 bits per heavy atom. The van der Waals surface area contributed by atoms with E-state index >= 15 is 0 Å². The molecule has 0 unspecified atom stereocenters. The number of anilines is 1. The number of fused-ring (bicyclic) bond motifs is 4. The van der Waals surface area contributed by atoms with Crippen LogP contribution in [-0.4, -0.2) is 55.1 Å². The molecule has 158 valence electrons. The smallest absolute Gasteiger partial charge is 0.317 e. The van der Waals surface area contributed by atoms with Crippen molar-refractivity contribution in [1.29, 1.82) is 0 Å². The Morgan fingerprint density at radius 1 is 1.37 bits per heavy atom. The number of allylic oxidation sites excluding steroid dienone is 1. The van der Waals surface area contributed by atoms with Gasteiger partial charge in [0.25, 0.3) is 0 Å². The highest BCUT2D eigenvalue weighted by molar-refractivity contribution is 5.86. The van der Waals surface area contributed by atoms with Crippen molar-refractivity contribution in [1.82, 2.24) is 4.90 Å². The molecule has 4 bridgehead atoms. The molecule has 0 aromatic heterocycles. The Labute approximate surface area is 175 Å². The van der Waals surface area contributed by atoms with Gasteiger partial charge in [0.15, 0.2) is 5.72 Å². The molecule has 7 nitrogen and oxygen atoms in total. The molecule has 1 saturated carbocycles. The molecule has 1 N–H and O–H groups in total. The Kier molecular flexibility index (Phi) is 3.46. The van der Waals surface area contributed by atoms with Crippen molar-refractivity contribution < 1.29 is 23.8 Å². The van der Waals surface area contributed by atoms with Crippen LogP contribution in [-0.2, 0) is 29.2 Å². The number of hydrogen-bond donors (Lipinski definition) is 1. The maximum atomic E-state index is 13.8. The first-order valence-corrected chi connectivity index (χ1v) is 10.6. The van der Waals surface area contributed by atoms with Crippen LogP contribution in [0.2, 0.25) is 0 Å². The molecule has 7 heteroatoms. The van der Waals surface area contributed by atoms with Crippen LogP contribution in [0.15, 0.2) is 35.9 Å². The fourth-order valence-corrected chi connectivity index (χ4v) is 7.51. The minimum Gasteiger partial charge on any atom is -0.468 e. The predicted molar refractivity (Wildman–Crippen MR) is 107 cm³/mol. The Bertz CT molecular complexity index is 1010. The second-order valence-electron chi connectivity index (χ2n) is 9.17. The minimum atomic E-state index is -1.06. The topological polar surface area (TPSA) is 77.1 Å². The number of para-hydroxylation sites is 1. The zero-order valence-electron chi connectivity index (χ0n) is 17.4. The van der Waals surface area contributed by atoms with Crippen LogP contribution in [0, 0.1) is 11.3 Å². The maximum Gasteiger partial charge on any atom is 0.317 e. The van der Waals surface area contributed by atoms with Crippen molar-refractivity contribution in [3.05, 3.63) is 41.5 Å². The van der Waals surface area contributed by atoms with Crippen LogP contribution in [0.1, 0.15) is 32.3 Å². The Balaban J connectivity index is 1.69. The van der Waals surface area contributed by atoms with Crippen LogP contribution >= 0.6 is 0 Å². The van der Waals surface area contributed by atoms with E-state index < -0.39 is 22.5 Å². The van der Waals surface area contributed by atoms with E-state index in [1.807, 2.05) is 25.1 Å².